The minimum Gasteiger partial charge on any atom is -0.497 e. The van der Waals surface area contributed by atoms with E-state index in [0.29, 0.717) is 22.3 Å². The molecule has 1 aromatic heterocycles. The summed E-state index contributed by atoms with van der Waals surface area (Å²) in [6.07, 6.45) is 1.19. The number of sulfonamides is 1. The molecule has 0 aliphatic heterocycles. The number of benzene rings is 3. The van der Waals surface area contributed by atoms with Crippen LogP contribution >= 0.6 is 11.6 Å². The third-order valence-electron chi connectivity index (χ3n) is 5.89. The van der Waals surface area contributed by atoms with E-state index in [0.717, 1.165) is 5.56 Å². The number of hydrazone groups is 1. The summed E-state index contributed by atoms with van der Waals surface area (Å²) >= 11 is 5.95. The van der Waals surface area contributed by atoms with Crippen molar-refractivity contribution in [3.63, 3.8) is 0 Å². The van der Waals surface area contributed by atoms with Gasteiger partial charge in [-0.25, -0.2) is 13.8 Å². The molecule has 0 radical (unpaired) electrons. The summed E-state index contributed by atoms with van der Waals surface area (Å²) < 4.78 is 44.3. The highest BCUT2D eigenvalue weighted by molar-refractivity contribution is 7.89. The summed E-state index contributed by atoms with van der Waals surface area (Å²) in [5, 5.41) is 6.62. The number of carbonyl (C=O) groups excluding carboxylic acids is 2. The highest BCUT2D eigenvalue weighted by Crippen LogP contribution is 2.29. The number of nitrogens with zero attached hydrogens (tertiary/aromatic N) is 2. The van der Waals surface area contributed by atoms with Crippen LogP contribution in [0.25, 0.3) is 0 Å². The van der Waals surface area contributed by atoms with E-state index in [2.05, 4.69) is 15.8 Å². The number of carbonyl (C=O) groups is 2. The van der Waals surface area contributed by atoms with Gasteiger partial charge < -0.3 is 19.2 Å². The SMILES string of the molecule is COc1ccc(NC(=O)C(=O)N/N=C/c2ccc(CN(Cc3ccccc3)S(=O)(=O)c3ccc(Cl)cc3)o2)c(OC)c1. The standard InChI is InChI=1S/C29H27ClN4O7S/c1-39-22-12-15-26(27(16-22)40-2)32-28(35)29(36)33-31-17-23-10-11-24(41-23)19-34(18-20-6-4-3-5-7-20)42(37,38)25-13-8-21(30)9-14-25/h3-17H,18-19H2,1-2H3,(H,32,35)(H,33,36)/b31-17+. The Bertz CT molecular complexity index is 1670. The van der Waals surface area contributed by atoms with E-state index in [1.807, 2.05) is 30.3 Å². The maximum atomic E-state index is 13.5. The van der Waals surface area contributed by atoms with E-state index < -0.39 is 21.8 Å². The fraction of sp³-hybridized carbons (Fsp3) is 0.138. The average Bonchev–Trinajstić information content (AvgIpc) is 3.44. The number of halogens is 1. The number of anilines is 1. The molecule has 4 aromatic rings. The lowest BCUT2D eigenvalue weighted by Gasteiger charge is -2.21. The number of amides is 2. The van der Waals surface area contributed by atoms with E-state index in [1.165, 1.54) is 55.1 Å². The van der Waals surface area contributed by atoms with E-state index in [9.17, 15) is 18.0 Å². The van der Waals surface area contributed by atoms with Crippen molar-refractivity contribution in [3.05, 3.63) is 107 Å². The molecule has 0 unspecified atom stereocenters. The molecule has 0 atom stereocenters. The minimum absolute atomic E-state index is 0.0772. The molecule has 0 aliphatic rings. The molecule has 1 heterocycles. The van der Waals surface area contributed by atoms with Crippen LogP contribution in [0, 0.1) is 0 Å². The van der Waals surface area contributed by atoms with E-state index in [1.54, 1.807) is 24.3 Å². The molecule has 218 valence electrons. The fourth-order valence-electron chi connectivity index (χ4n) is 3.78. The fourth-order valence-corrected chi connectivity index (χ4v) is 5.30. The van der Waals surface area contributed by atoms with Crippen molar-refractivity contribution >= 4 is 45.3 Å². The second-order valence-corrected chi connectivity index (χ2v) is 11.1. The highest BCUT2D eigenvalue weighted by Gasteiger charge is 2.26. The second kappa shape index (κ2) is 13.8. The summed E-state index contributed by atoms with van der Waals surface area (Å²) in [5.74, 6) is -0.616. The zero-order chi connectivity index (χ0) is 30.1. The van der Waals surface area contributed by atoms with Crippen molar-refractivity contribution in [1.82, 2.24) is 9.73 Å². The lowest BCUT2D eigenvalue weighted by atomic mass is 10.2. The predicted octanol–water partition coefficient (Wildman–Crippen LogP) is 4.43. The third-order valence-corrected chi connectivity index (χ3v) is 7.95. The van der Waals surface area contributed by atoms with Crippen LogP contribution in [0.15, 0.2) is 99.3 Å². The Kier molecular flexibility index (Phi) is 9.97. The Hall–Kier alpha value is -4.65. The normalized spacial score (nSPS) is 11.4. The van der Waals surface area contributed by atoms with Gasteiger partial charge in [0.2, 0.25) is 10.0 Å². The molecule has 2 N–H and O–H groups in total. The number of hydrogen-bond acceptors (Lipinski definition) is 8. The maximum absolute atomic E-state index is 13.5. The number of ether oxygens (including phenoxy) is 2. The van der Waals surface area contributed by atoms with Gasteiger partial charge in [0.1, 0.15) is 23.0 Å². The minimum atomic E-state index is -3.91. The van der Waals surface area contributed by atoms with Gasteiger partial charge in [0.05, 0.1) is 37.6 Å². The summed E-state index contributed by atoms with van der Waals surface area (Å²) in [7, 11) is -1.01. The molecule has 0 spiro atoms. The first-order valence-corrected chi connectivity index (χ1v) is 14.3. The molecule has 13 heteroatoms. The van der Waals surface area contributed by atoms with Crippen LogP contribution in [-0.4, -0.2) is 45.0 Å². The molecular formula is C29H27ClN4O7S. The largest absolute Gasteiger partial charge is 0.497 e. The molecule has 0 bridgehead atoms. The van der Waals surface area contributed by atoms with Gasteiger partial charge in [-0.15, -0.1) is 0 Å². The maximum Gasteiger partial charge on any atom is 0.329 e. The Balaban J connectivity index is 1.42. The van der Waals surface area contributed by atoms with Gasteiger partial charge in [-0.05, 0) is 54.1 Å². The lowest BCUT2D eigenvalue weighted by molar-refractivity contribution is -0.136. The molecule has 11 nitrogen and oxygen atoms in total. The summed E-state index contributed by atoms with van der Waals surface area (Å²) in [5.41, 5.74) is 3.18. The van der Waals surface area contributed by atoms with Gasteiger partial charge in [-0.2, -0.15) is 9.41 Å². The van der Waals surface area contributed by atoms with Crippen molar-refractivity contribution < 1.29 is 31.9 Å². The van der Waals surface area contributed by atoms with Crippen LogP contribution in [0.4, 0.5) is 5.69 Å². The third kappa shape index (κ3) is 7.75. The molecule has 3 aromatic carbocycles. The van der Waals surface area contributed by atoms with Gasteiger partial charge in [0.25, 0.3) is 0 Å². The topological polar surface area (TPSA) is 140 Å². The smallest absolute Gasteiger partial charge is 0.329 e. The average molecular weight is 611 g/mol. The monoisotopic (exact) mass is 610 g/mol. The first-order chi connectivity index (χ1) is 20.2. The second-order valence-electron chi connectivity index (χ2n) is 8.74. The summed E-state index contributed by atoms with van der Waals surface area (Å²) in [6, 6.07) is 22.9. The molecule has 0 aliphatic carbocycles. The first-order valence-electron chi connectivity index (χ1n) is 12.4. The van der Waals surface area contributed by atoms with Crippen LogP contribution in [-0.2, 0) is 32.7 Å². The molecule has 0 saturated heterocycles. The lowest BCUT2D eigenvalue weighted by Crippen LogP contribution is -2.32. The number of hydrogen-bond donors (Lipinski definition) is 2. The number of nitrogens with one attached hydrogen (secondary N) is 2. The zero-order valence-corrected chi connectivity index (χ0v) is 24.2. The van der Waals surface area contributed by atoms with Crippen LogP contribution < -0.4 is 20.2 Å². The van der Waals surface area contributed by atoms with Crippen molar-refractivity contribution in [2.75, 3.05) is 19.5 Å². The highest BCUT2D eigenvalue weighted by atomic mass is 35.5. The van der Waals surface area contributed by atoms with E-state index in [-0.39, 0.29) is 29.4 Å². The Morgan fingerprint density at radius 1 is 0.929 bits per heavy atom. The number of furan rings is 1. The Morgan fingerprint density at radius 2 is 1.67 bits per heavy atom. The van der Waals surface area contributed by atoms with Gasteiger partial charge in [-0.1, -0.05) is 41.9 Å². The quantitative estimate of drug-likeness (QED) is 0.145. The number of rotatable bonds is 11. The van der Waals surface area contributed by atoms with Crippen molar-refractivity contribution in [2.45, 2.75) is 18.0 Å². The van der Waals surface area contributed by atoms with Crippen LogP contribution in [0.5, 0.6) is 11.5 Å². The van der Waals surface area contributed by atoms with Crippen LogP contribution in [0.1, 0.15) is 17.1 Å². The molecule has 2 amide bonds. The number of methoxy groups -OCH3 is 2. The Labute approximate surface area is 247 Å². The van der Waals surface area contributed by atoms with Crippen LogP contribution in [0.2, 0.25) is 5.02 Å². The summed E-state index contributed by atoms with van der Waals surface area (Å²) in [4.78, 5) is 24.6. The molecule has 0 fully saturated rings. The molecule has 4 rings (SSSR count). The molecular weight excluding hydrogens is 584 g/mol. The van der Waals surface area contributed by atoms with Gasteiger partial charge in [-0.3, -0.25) is 9.59 Å². The first kappa shape index (κ1) is 30.3. The molecule has 42 heavy (non-hydrogen) atoms. The predicted molar refractivity (Wildman–Crippen MR) is 157 cm³/mol. The van der Waals surface area contributed by atoms with Gasteiger partial charge in [0, 0.05) is 17.6 Å². The van der Waals surface area contributed by atoms with E-state index >= 15 is 0 Å². The van der Waals surface area contributed by atoms with E-state index in [4.69, 9.17) is 25.5 Å². The van der Waals surface area contributed by atoms with Gasteiger partial charge >= 0.3 is 11.8 Å². The van der Waals surface area contributed by atoms with Crippen molar-refractivity contribution in [2.24, 2.45) is 5.10 Å². The van der Waals surface area contributed by atoms with Crippen molar-refractivity contribution in [3.8, 4) is 11.5 Å². The van der Waals surface area contributed by atoms with Crippen molar-refractivity contribution in [1.29, 1.82) is 0 Å². The summed E-state index contributed by atoms with van der Waals surface area (Å²) in [6.45, 7) is 0.0201. The van der Waals surface area contributed by atoms with Gasteiger partial charge in [0.15, 0.2) is 0 Å². The van der Waals surface area contributed by atoms with Crippen LogP contribution in [0.3, 0.4) is 0 Å². The zero-order valence-electron chi connectivity index (χ0n) is 22.6. The molecule has 0 saturated carbocycles. The Morgan fingerprint density at radius 3 is 2.36 bits per heavy atom.